The lowest BCUT2D eigenvalue weighted by molar-refractivity contribution is 0.476. The smallest absolute Gasteiger partial charge is 0.0486 e. The largest absolute Gasteiger partial charge is 0.0617 e. The van der Waals surface area contributed by atoms with Gasteiger partial charge in [-0.1, -0.05) is 109 Å². The van der Waals surface area contributed by atoms with Gasteiger partial charge in [-0.25, -0.2) is 0 Å². The maximum Gasteiger partial charge on any atom is 0.0486 e. The van der Waals surface area contributed by atoms with Crippen LogP contribution in [0, 0.1) is 47.5 Å². The first kappa shape index (κ1) is 26.9. The first-order valence-electron chi connectivity index (χ1n) is 14.3. The molecule has 0 heterocycles. The van der Waals surface area contributed by atoms with Crippen LogP contribution in [0.15, 0.2) is 96.1 Å². The van der Waals surface area contributed by atoms with Gasteiger partial charge < -0.3 is 0 Å². The van der Waals surface area contributed by atoms with Crippen LogP contribution < -0.4 is 0 Å². The predicted octanol–water partition coefficient (Wildman–Crippen LogP) is 10.4. The van der Waals surface area contributed by atoms with Crippen LogP contribution in [-0.2, 0) is 5.41 Å². The molecular weight excluding hydrogens is 468 g/mol. The van der Waals surface area contributed by atoms with Crippen molar-refractivity contribution in [1.29, 1.82) is 0 Å². The van der Waals surface area contributed by atoms with Crippen LogP contribution in [0.4, 0.5) is 0 Å². The average molecular weight is 511 g/mol. The summed E-state index contributed by atoms with van der Waals surface area (Å²) >= 11 is 0. The molecule has 5 rings (SSSR count). The van der Waals surface area contributed by atoms with Gasteiger partial charge in [0.15, 0.2) is 0 Å². The summed E-state index contributed by atoms with van der Waals surface area (Å²) in [5.41, 5.74) is 18.8. The van der Waals surface area contributed by atoms with Crippen LogP contribution in [0.2, 0.25) is 0 Å². The van der Waals surface area contributed by atoms with Crippen molar-refractivity contribution in [1.82, 2.24) is 0 Å². The Hall–Kier alpha value is -3.64. The average Bonchev–Trinajstić information content (AvgIpc) is 2.89. The summed E-state index contributed by atoms with van der Waals surface area (Å²) in [5.74, 6) is 0.232. The molecule has 0 saturated heterocycles. The van der Waals surface area contributed by atoms with E-state index in [0.717, 1.165) is 0 Å². The summed E-state index contributed by atoms with van der Waals surface area (Å²) in [6, 6.07) is 32.3. The van der Waals surface area contributed by atoms with Gasteiger partial charge in [0, 0.05) is 5.41 Å². The zero-order valence-corrected chi connectivity index (χ0v) is 25.2. The number of rotatable bonds is 4. The highest BCUT2D eigenvalue weighted by molar-refractivity contribution is 5.97. The molecule has 4 aromatic rings. The Balaban J connectivity index is 1.99. The molecule has 0 N–H and O–H groups in total. The summed E-state index contributed by atoms with van der Waals surface area (Å²) < 4.78 is 0. The van der Waals surface area contributed by atoms with Gasteiger partial charge in [-0.3, -0.25) is 0 Å². The van der Waals surface area contributed by atoms with Crippen molar-refractivity contribution >= 4 is 11.1 Å². The molecule has 0 spiro atoms. The second-order valence-electron chi connectivity index (χ2n) is 11.9. The van der Waals surface area contributed by atoms with Crippen molar-refractivity contribution in [3.63, 3.8) is 0 Å². The lowest BCUT2D eigenvalue weighted by atomic mass is 9.54. The fourth-order valence-electron chi connectivity index (χ4n) is 7.41. The van der Waals surface area contributed by atoms with E-state index >= 15 is 0 Å². The molecule has 0 aromatic heterocycles. The van der Waals surface area contributed by atoms with E-state index < -0.39 is 0 Å². The topological polar surface area (TPSA) is 0 Å². The predicted molar refractivity (Wildman–Crippen MR) is 169 cm³/mol. The lowest BCUT2D eigenvalue weighted by Crippen LogP contribution is -2.41. The first-order valence-corrected chi connectivity index (χ1v) is 14.3. The Morgan fingerprint density at radius 3 is 1.67 bits per heavy atom. The van der Waals surface area contributed by atoms with Crippen molar-refractivity contribution in [3.05, 3.63) is 152 Å². The summed E-state index contributed by atoms with van der Waals surface area (Å²) in [5, 5.41) is 0. The van der Waals surface area contributed by atoms with Gasteiger partial charge in [0.1, 0.15) is 0 Å². The molecule has 1 aliphatic carbocycles. The summed E-state index contributed by atoms with van der Waals surface area (Å²) in [6.45, 7) is 20.6. The van der Waals surface area contributed by atoms with Gasteiger partial charge in [0.05, 0.1) is 0 Å². The molecule has 0 heteroatoms. The van der Waals surface area contributed by atoms with Crippen LogP contribution in [0.5, 0.6) is 0 Å². The molecule has 0 amide bonds. The number of hydrogen-bond donors (Lipinski definition) is 0. The monoisotopic (exact) mass is 510 g/mol. The molecule has 0 radical (unpaired) electrons. The highest BCUT2D eigenvalue weighted by Crippen LogP contribution is 2.58. The zero-order chi connectivity index (χ0) is 28.1. The maximum absolute atomic E-state index is 2.47. The normalized spacial score (nSPS) is 19.6. The minimum Gasteiger partial charge on any atom is -0.0617 e. The van der Waals surface area contributed by atoms with Crippen LogP contribution in [-0.4, -0.2) is 0 Å². The van der Waals surface area contributed by atoms with Crippen molar-refractivity contribution < 1.29 is 0 Å². The SMILES string of the molecule is CC1=C(c2c(C)cccc2C)C(C)C(c2ccc(C)cc2)(c2ccc(C)cc2C)C(C)=C1c1ccc(C)cc1. The van der Waals surface area contributed by atoms with Crippen molar-refractivity contribution in [3.8, 4) is 0 Å². The van der Waals surface area contributed by atoms with E-state index in [1.807, 2.05) is 0 Å². The van der Waals surface area contributed by atoms with E-state index in [1.165, 1.54) is 77.9 Å². The molecule has 0 bridgehead atoms. The Kier molecular flexibility index (Phi) is 7.02. The standard InChI is InChI=1S/C39H42/c1-24-13-18-33(19-14-24)37-30(7)38(36-27(4)11-10-12-28(36)5)32(9)39(31(37)8,34-20-15-25(2)16-21-34)35-22-17-26(3)23-29(35)6/h10-23,32H,1-9H3. The van der Waals surface area contributed by atoms with E-state index in [1.54, 1.807) is 0 Å². The quantitative estimate of drug-likeness (QED) is 0.256. The Bertz CT molecular complexity index is 1590. The van der Waals surface area contributed by atoms with E-state index in [9.17, 15) is 0 Å². The molecular formula is C39H42. The molecule has 0 aliphatic heterocycles. The Labute approximate surface area is 236 Å². The second kappa shape index (κ2) is 10.2. The highest BCUT2D eigenvalue weighted by Gasteiger charge is 2.48. The second-order valence-corrected chi connectivity index (χ2v) is 11.9. The fourth-order valence-corrected chi connectivity index (χ4v) is 7.41. The van der Waals surface area contributed by atoms with Gasteiger partial charge in [-0.2, -0.15) is 0 Å². The zero-order valence-electron chi connectivity index (χ0n) is 25.2. The van der Waals surface area contributed by atoms with Crippen LogP contribution in [0.1, 0.15) is 76.4 Å². The third-order valence-electron chi connectivity index (χ3n) is 9.23. The molecule has 39 heavy (non-hydrogen) atoms. The molecule has 0 nitrogen and oxygen atoms in total. The number of aryl methyl sites for hydroxylation is 6. The lowest BCUT2D eigenvalue weighted by Gasteiger charge is -2.49. The van der Waals surface area contributed by atoms with Crippen molar-refractivity contribution in [2.45, 2.75) is 67.7 Å². The summed E-state index contributed by atoms with van der Waals surface area (Å²) in [6.07, 6.45) is 0. The Morgan fingerprint density at radius 2 is 1.10 bits per heavy atom. The minimum atomic E-state index is -0.310. The van der Waals surface area contributed by atoms with Crippen LogP contribution >= 0.6 is 0 Å². The Morgan fingerprint density at radius 1 is 0.564 bits per heavy atom. The van der Waals surface area contributed by atoms with Gasteiger partial charge >= 0.3 is 0 Å². The van der Waals surface area contributed by atoms with Gasteiger partial charge in [0.2, 0.25) is 0 Å². The van der Waals surface area contributed by atoms with Gasteiger partial charge in [-0.05, 0) is 123 Å². The number of hydrogen-bond acceptors (Lipinski definition) is 0. The number of allylic oxidation sites excluding steroid dienone is 4. The molecule has 0 saturated carbocycles. The van der Waals surface area contributed by atoms with Gasteiger partial charge in [-0.15, -0.1) is 0 Å². The third-order valence-corrected chi connectivity index (χ3v) is 9.23. The van der Waals surface area contributed by atoms with Crippen LogP contribution in [0.25, 0.3) is 11.1 Å². The highest BCUT2D eigenvalue weighted by atomic mass is 14.5. The summed E-state index contributed by atoms with van der Waals surface area (Å²) in [4.78, 5) is 0. The number of benzene rings is 4. The van der Waals surface area contributed by atoms with Crippen molar-refractivity contribution in [2.75, 3.05) is 0 Å². The molecule has 198 valence electrons. The van der Waals surface area contributed by atoms with Gasteiger partial charge in [0.25, 0.3) is 0 Å². The van der Waals surface area contributed by atoms with E-state index in [-0.39, 0.29) is 11.3 Å². The van der Waals surface area contributed by atoms with E-state index in [4.69, 9.17) is 0 Å². The molecule has 1 aliphatic rings. The third kappa shape index (κ3) is 4.31. The molecule has 0 fully saturated rings. The fraction of sp³-hybridized carbons (Fsp3) is 0.282. The minimum absolute atomic E-state index is 0.232. The first-order chi connectivity index (χ1) is 18.6. The summed E-state index contributed by atoms with van der Waals surface area (Å²) in [7, 11) is 0. The van der Waals surface area contributed by atoms with E-state index in [2.05, 4.69) is 147 Å². The van der Waals surface area contributed by atoms with Crippen LogP contribution in [0.3, 0.4) is 0 Å². The molecule has 2 atom stereocenters. The molecule has 2 unspecified atom stereocenters. The van der Waals surface area contributed by atoms with Crippen molar-refractivity contribution in [2.24, 2.45) is 5.92 Å². The maximum atomic E-state index is 2.47. The van der Waals surface area contributed by atoms with E-state index in [0.29, 0.717) is 0 Å². The molecule has 4 aromatic carbocycles.